The van der Waals surface area contributed by atoms with E-state index < -0.39 is 0 Å². The Kier molecular flexibility index (Phi) is 6.24. The van der Waals surface area contributed by atoms with E-state index in [1.165, 1.54) is 29.4 Å². The lowest BCUT2D eigenvalue weighted by Gasteiger charge is -2.33. The lowest BCUT2D eigenvalue weighted by molar-refractivity contribution is -0.0402. The molecule has 0 radical (unpaired) electrons. The maximum absolute atomic E-state index is 6.18. The Morgan fingerprint density at radius 1 is 1.17 bits per heavy atom. The van der Waals surface area contributed by atoms with Crippen LogP contribution in [0.4, 0.5) is 5.82 Å². The fraction of sp³-hybridized carbons (Fsp3) is 0.609. The zero-order valence-electron chi connectivity index (χ0n) is 18.9. The van der Waals surface area contributed by atoms with E-state index in [-0.39, 0.29) is 5.60 Å². The van der Waals surface area contributed by atoms with Gasteiger partial charge in [0.15, 0.2) is 5.16 Å². The van der Waals surface area contributed by atoms with Crippen LogP contribution in [0.3, 0.4) is 0 Å². The molecule has 0 spiro atoms. The Labute approximate surface area is 187 Å². The summed E-state index contributed by atoms with van der Waals surface area (Å²) in [5.41, 5.74) is 4.66. The molecule has 4 rings (SSSR count). The molecule has 0 bridgehead atoms. The van der Waals surface area contributed by atoms with Crippen LogP contribution in [-0.2, 0) is 17.8 Å². The molecule has 0 unspecified atom stereocenters. The fourth-order valence-corrected chi connectivity index (χ4v) is 5.63. The molecule has 0 saturated carbocycles. The molecule has 1 aliphatic rings. The van der Waals surface area contributed by atoms with Crippen LogP contribution in [0, 0.1) is 0 Å². The van der Waals surface area contributed by atoms with Gasteiger partial charge in [0.2, 0.25) is 0 Å². The topological polar surface area (TPSA) is 59.9 Å². The average molecular weight is 445 g/mol. The van der Waals surface area contributed by atoms with Gasteiger partial charge in [-0.2, -0.15) is 0 Å². The van der Waals surface area contributed by atoms with E-state index in [4.69, 9.17) is 19.7 Å². The number of anilines is 1. The van der Waals surface area contributed by atoms with Crippen molar-refractivity contribution < 1.29 is 4.74 Å². The lowest BCUT2D eigenvalue weighted by Crippen LogP contribution is -2.32. The number of unbranched alkanes of at least 4 members (excludes halogenated alkanes) is 2. The molecule has 5 nitrogen and oxygen atoms in total. The molecule has 3 aromatic rings. The maximum Gasteiger partial charge on any atom is 0.189 e. The van der Waals surface area contributed by atoms with Crippen molar-refractivity contribution in [1.82, 2.24) is 15.0 Å². The number of rotatable bonds is 7. The minimum absolute atomic E-state index is 0.180. The summed E-state index contributed by atoms with van der Waals surface area (Å²) < 4.78 is 7.30. The third-order valence-corrected chi connectivity index (χ3v) is 7.33. The quantitative estimate of drug-likeness (QED) is 0.254. The molecule has 30 heavy (non-hydrogen) atoms. The number of nitrogens with zero attached hydrogens (tertiary/aromatic N) is 3. The first-order valence-corrected chi connectivity index (χ1v) is 13.0. The third kappa shape index (κ3) is 4.04. The van der Waals surface area contributed by atoms with Gasteiger partial charge in [0, 0.05) is 23.9 Å². The van der Waals surface area contributed by atoms with Crippen LogP contribution in [0.2, 0.25) is 0 Å². The second kappa shape index (κ2) is 8.60. The molecule has 162 valence electrons. The van der Waals surface area contributed by atoms with Crippen LogP contribution in [0.25, 0.3) is 20.4 Å². The Balaban J connectivity index is 1.95. The van der Waals surface area contributed by atoms with Crippen molar-refractivity contribution in [3.63, 3.8) is 0 Å². The van der Waals surface area contributed by atoms with Crippen LogP contribution in [0.1, 0.15) is 76.6 Å². The number of thioether (sulfide) groups is 1. The number of hydrogen-bond acceptors (Lipinski definition) is 7. The average Bonchev–Trinajstić information content (AvgIpc) is 3.08. The normalized spacial score (nSPS) is 15.8. The van der Waals surface area contributed by atoms with Gasteiger partial charge >= 0.3 is 0 Å². The molecule has 3 aromatic heterocycles. The number of nitrogens with one attached hydrogen (secondary N) is 1. The summed E-state index contributed by atoms with van der Waals surface area (Å²) in [5.74, 6) is 1.31. The fourth-order valence-electron chi connectivity index (χ4n) is 4.15. The van der Waals surface area contributed by atoms with E-state index in [9.17, 15) is 0 Å². The van der Waals surface area contributed by atoms with Gasteiger partial charge < -0.3 is 10.1 Å². The minimum atomic E-state index is -0.180. The Hall–Kier alpha value is -1.44. The Morgan fingerprint density at radius 3 is 2.67 bits per heavy atom. The van der Waals surface area contributed by atoms with E-state index in [0.29, 0.717) is 12.5 Å². The van der Waals surface area contributed by atoms with Crippen LogP contribution < -0.4 is 5.32 Å². The van der Waals surface area contributed by atoms with Crippen LogP contribution >= 0.6 is 23.1 Å². The SMILES string of the molecule is CCCCCNc1nc(SC)nc2c1sc1nc(C(C)C)c3c(c12)CC(C)(C)OC3. The lowest BCUT2D eigenvalue weighted by atomic mass is 9.87. The molecular formula is C23H32N4OS2. The maximum atomic E-state index is 6.18. The van der Waals surface area contributed by atoms with Crippen molar-refractivity contribution in [1.29, 1.82) is 0 Å². The molecule has 1 N–H and O–H groups in total. The van der Waals surface area contributed by atoms with Gasteiger partial charge in [0.1, 0.15) is 10.6 Å². The summed E-state index contributed by atoms with van der Waals surface area (Å²) in [6, 6.07) is 0. The van der Waals surface area contributed by atoms with Gasteiger partial charge in [-0.1, -0.05) is 45.4 Å². The molecule has 4 heterocycles. The molecule has 0 atom stereocenters. The molecule has 0 amide bonds. The highest BCUT2D eigenvalue weighted by molar-refractivity contribution is 7.98. The summed E-state index contributed by atoms with van der Waals surface area (Å²) in [6.07, 6.45) is 6.51. The zero-order valence-corrected chi connectivity index (χ0v) is 20.5. The van der Waals surface area contributed by atoms with Crippen molar-refractivity contribution in [2.45, 2.75) is 83.6 Å². The number of fused-ring (bicyclic) bond motifs is 5. The summed E-state index contributed by atoms with van der Waals surface area (Å²) >= 11 is 3.32. The molecule has 7 heteroatoms. The number of ether oxygens (including phenoxy) is 1. The Bertz CT molecular complexity index is 1070. The third-order valence-electron chi connectivity index (χ3n) is 5.70. The number of pyridine rings is 1. The summed E-state index contributed by atoms with van der Waals surface area (Å²) in [6.45, 7) is 12.6. The molecular weight excluding hydrogens is 412 g/mol. The van der Waals surface area contributed by atoms with Gasteiger partial charge in [-0.15, -0.1) is 11.3 Å². The standard InChI is InChI=1S/C23H32N4OS2/c1-7-8-9-10-24-20-19-18(26-22(27-20)29-6)16-14-11-23(4,5)28-12-15(14)17(13(2)3)25-21(16)30-19/h13H,7-12H2,1-6H3,(H,24,26,27). The van der Waals surface area contributed by atoms with E-state index in [1.54, 1.807) is 23.1 Å². The molecule has 0 fully saturated rings. The van der Waals surface area contributed by atoms with Crippen molar-refractivity contribution in [3.8, 4) is 0 Å². The predicted octanol–water partition coefficient (Wildman–Crippen LogP) is 6.54. The summed E-state index contributed by atoms with van der Waals surface area (Å²) in [7, 11) is 0. The zero-order chi connectivity index (χ0) is 21.5. The summed E-state index contributed by atoms with van der Waals surface area (Å²) in [4.78, 5) is 16.0. The molecule has 0 aromatic carbocycles. The minimum Gasteiger partial charge on any atom is -0.370 e. The summed E-state index contributed by atoms with van der Waals surface area (Å²) in [5, 5.41) is 5.61. The van der Waals surface area contributed by atoms with E-state index in [0.717, 1.165) is 51.1 Å². The number of thiophene rings is 1. The first kappa shape index (κ1) is 21.8. The van der Waals surface area contributed by atoms with Gasteiger partial charge in [0.05, 0.1) is 28.1 Å². The van der Waals surface area contributed by atoms with Gasteiger partial charge in [-0.05, 0) is 38.0 Å². The van der Waals surface area contributed by atoms with Crippen LogP contribution in [0.15, 0.2) is 5.16 Å². The number of hydrogen-bond donors (Lipinski definition) is 1. The predicted molar refractivity (Wildman–Crippen MR) is 129 cm³/mol. The smallest absolute Gasteiger partial charge is 0.189 e. The van der Waals surface area contributed by atoms with E-state index in [2.05, 4.69) is 39.9 Å². The van der Waals surface area contributed by atoms with Crippen molar-refractivity contribution in [2.75, 3.05) is 18.1 Å². The van der Waals surface area contributed by atoms with Gasteiger partial charge in [0.25, 0.3) is 0 Å². The van der Waals surface area contributed by atoms with Gasteiger partial charge in [-0.25, -0.2) is 15.0 Å². The van der Waals surface area contributed by atoms with Crippen LogP contribution in [-0.4, -0.2) is 33.4 Å². The number of aromatic nitrogens is 3. The second-order valence-corrected chi connectivity index (χ2v) is 10.8. The molecule has 1 aliphatic heterocycles. The van der Waals surface area contributed by atoms with Crippen LogP contribution in [0.5, 0.6) is 0 Å². The first-order chi connectivity index (χ1) is 14.3. The van der Waals surface area contributed by atoms with Crippen molar-refractivity contribution in [3.05, 3.63) is 16.8 Å². The highest BCUT2D eigenvalue weighted by Crippen LogP contribution is 2.43. The van der Waals surface area contributed by atoms with Crippen molar-refractivity contribution in [2.24, 2.45) is 0 Å². The van der Waals surface area contributed by atoms with Crippen molar-refractivity contribution >= 4 is 49.3 Å². The van der Waals surface area contributed by atoms with E-state index in [1.807, 2.05) is 6.26 Å². The molecule has 0 saturated heterocycles. The van der Waals surface area contributed by atoms with E-state index >= 15 is 0 Å². The highest BCUT2D eigenvalue weighted by atomic mass is 32.2. The largest absolute Gasteiger partial charge is 0.370 e. The monoisotopic (exact) mass is 444 g/mol. The molecule has 0 aliphatic carbocycles. The first-order valence-electron chi connectivity index (χ1n) is 10.9. The second-order valence-electron chi connectivity index (χ2n) is 8.99. The highest BCUT2D eigenvalue weighted by Gasteiger charge is 2.32. The Morgan fingerprint density at radius 2 is 1.97 bits per heavy atom. The van der Waals surface area contributed by atoms with Gasteiger partial charge in [-0.3, -0.25) is 0 Å².